The SMILES string of the molecule is CCC(Oc1c(F)cccc1CNC(C)(C)C)C(N)=O. The van der Waals surface area contributed by atoms with Crippen molar-refractivity contribution < 1.29 is 13.9 Å². The number of nitrogens with one attached hydrogen (secondary N) is 1. The first-order valence-corrected chi connectivity index (χ1v) is 6.73. The van der Waals surface area contributed by atoms with Crippen LogP contribution in [0.25, 0.3) is 0 Å². The second-order valence-corrected chi connectivity index (χ2v) is 5.75. The number of hydrogen-bond donors (Lipinski definition) is 2. The molecule has 0 saturated carbocycles. The Balaban J connectivity index is 2.96. The van der Waals surface area contributed by atoms with Crippen molar-refractivity contribution in [3.8, 4) is 5.75 Å². The monoisotopic (exact) mass is 282 g/mol. The van der Waals surface area contributed by atoms with Crippen LogP contribution in [-0.2, 0) is 11.3 Å². The first-order valence-electron chi connectivity index (χ1n) is 6.73. The van der Waals surface area contributed by atoms with Gasteiger partial charge in [-0.2, -0.15) is 0 Å². The Morgan fingerprint density at radius 2 is 2.10 bits per heavy atom. The summed E-state index contributed by atoms with van der Waals surface area (Å²) in [6, 6.07) is 4.70. The summed E-state index contributed by atoms with van der Waals surface area (Å²) >= 11 is 0. The molecule has 1 atom stereocenters. The van der Waals surface area contributed by atoms with Crippen molar-refractivity contribution in [2.24, 2.45) is 5.73 Å². The van der Waals surface area contributed by atoms with E-state index in [0.29, 0.717) is 18.5 Å². The molecule has 3 N–H and O–H groups in total. The first-order chi connectivity index (χ1) is 9.24. The van der Waals surface area contributed by atoms with E-state index in [9.17, 15) is 9.18 Å². The fraction of sp³-hybridized carbons (Fsp3) is 0.533. The van der Waals surface area contributed by atoms with E-state index in [-0.39, 0.29) is 11.3 Å². The van der Waals surface area contributed by atoms with Gasteiger partial charge in [-0.3, -0.25) is 4.79 Å². The van der Waals surface area contributed by atoms with Crippen LogP contribution >= 0.6 is 0 Å². The number of amides is 1. The van der Waals surface area contributed by atoms with Gasteiger partial charge in [0.2, 0.25) is 0 Å². The van der Waals surface area contributed by atoms with E-state index < -0.39 is 17.8 Å². The zero-order valence-electron chi connectivity index (χ0n) is 12.5. The zero-order chi connectivity index (χ0) is 15.3. The van der Waals surface area contributed by atoms with Crippen molar-refractivity contribution in [3.05, 3.63) is 29.6 Å². The van der Waals surface area contributed by atoms with Gasteiger partial charge in [-0.1, -0.05) is 19.1 Å². The number of hydrogen-bond acceptors (Lipinski definition) is 3. The lowest BCUT2D eigenvalue weighted by Gasteiger charge is -2.23. The highest BCUT2D eigenvalue weighted by atomic mass is 19.1. The van der Waals surface area contributed by atoms with Crippen molar-refractivity contribution in [1.82, 2.24) is 5.32 Å². The van der Waals surface area contributed by atoms with Crippen LogP contribution in [0.2, 0.25) is 0 Å². The van der Waals surface area contributed by atoms with E-state index in [4.69, 9.17) is 10.5 Å². The lowest BCUT2D eigenvalue weighted by molar-refractivity contribution is -0.124. The van der Waals surface area contributed by atoms with Crippen LogP contribution in [0.15, 0.2) is 18.2 Å². The lowest BCUT2D eigenvalue weighted by Crippen LogP contribution is -2.36. The van der Waals surface area contributed by atoms with Gasteiger partial charge in [0.1, 0.15) is 0 Å². The molecule has 0 aliphatic carbocycles. The summed E-state index contributed by atoms with van der Waals surface area (Å²) in [6.07, 6.45) is -0.421. The number of ether oxygens (including phenoxy) is 1. The largest absolute Gasteiger partial charge is 0.477 e. The fourth-order valence-electron chi connectivity index (χ4n) is 1.67. The molecule has 4 nitrogen and oxygen atoms in total. The van der Waals surface area contributed by atoms with E-state index in [0.717, 1.165) is 0 Å². The second kappa shape index (κ2) is 6.70. The Hall–Kier alpha value is -1.62. The summed E-state index contributed by atoms with van der Waals surface area (Å²) in [6.45, 7) is 8.27. The van der Waals surface area contributed by atoms with E-state index in [1.165, 1.54) is 6.07 Å². The van der Waals surface area contributed by atoms with Crippen LogP contribution in [-0.4, -0.2) is 17.6 Å². The average Bonchev–Trinajstić information content (AvgIpc) is 2.33. The molecule has 20 heavy (non-hydrogen) atoms. The lowest BCUT2D eigenvalue weighted by atomic mass is 10.1. The molecule has 0 radical (unpaired) electrons. The number of primary amides is 1. The number of carbonyl (C=O) groups excluding carboxylic acids is 1. The van der Waals surface area contributed by atoms with Crippen LogP contribution < -0.4 is 15.8 Å². The van der Waals surface area contributed by atoms with Crippen molar-refractivity contribution in [3.63, 3.8) is 0 Å². The Kier molecular flexibility index (Phi) is 5.51. The fourth-order valence-corrected chi connectivity index (χ4v) is 1.67. The predicted octanol–water partition coefficient (Wildman–Crippen LogP) is 2.36. The maximum absolute atomic E-state index is 13.9. The van der Waals surface area contributed by atoms with Crippen molar-refractivity contribution in [2.45, 2.75) is 52.3 Å². The highest BCUT2D eigenvalue weighted by Crippen LogP contribution is 2.25. The molecule has 0 heterocycles. The molecule has 1 aromatic rings. The normalized spacial score (nSPS) is 13.1. The predicted molar refractivity (Wildman–Crippen MR) is 76.9 cm³/mol. The Labute approximate surface area is 119 Å². The molecule has 5 heteroatoms. The van der Waals surface area contributed by atoms with E-state index in [2.05, 4.69) is 5.32 Å². The maximum Gasteiger partial charge on any atom is 0.258 e. The summed E-state index contributed by atoms with van der Waals surface area (Å²) in [5, 5.41) is 3.26. The van der Waals surface area contributed by atoms with Crippen LogP contribution in [0.1, 0.15) is 39.7 Å². The number of nitrogens with two attached hydrogens (primary N) is 1. The molecule has 0 aromatic heterocycles. The topological polar surface area (TPSA) is 64.3 Å². The summed E-state index contributed by atoms with van der Waals surface area (Å²) in [5.74, 6) is -0.988. The number of halogens is 1. The van der Waals surface area contributed by atoms with Crippen LogP contribution in [0.3, 0.4) is 0 Å². The minimum Gasteiger partial charge on any atom is -0.477 e. The molecule has 0 fully saturated rings. The highest BCUT2D eigenvalue weighted by Gasteiger charge is 2.20. The van der Waals surface area contributed by atoms with Gasteiger partial charge in [0.05, 0.1) is 0 Å². The number of rotatable bonds is 6. The van der Waals surface area contributed by atoms with Gasteiger partial charge in [0.15, 0.2) is 17.7 Å². The minimum atomic E-state index is -0.819. The molecule has 1 aromatic carbocycles. The van der Waals surface area contributed by atoms with Crippen LogP contribution in [0, 0.1) is 5.82 Å². The molecule has 1 unspecified atom stereocenters. The quantitative estimate of drug-likeness (QED) is 0.842. The Morgan fingerprint density at radius 1 is 1.45 bits per heavy atom. The van der Waals surface area contributed by atoms with Gasteiger partial charge in [-0.25, -0.2) is 4.39 Å². The van der Waals surface area contributed by atoms with Gasteiger partial charge < -0.3 is 15.8 Å². The van der Waals surface area contributed by atoms with Crippen molar-refractivity contribution in [1.29, 1.82) is 0 Å². The smallest absolute Gasteiger partial charge is 0.258 e. The van der Waals surface area contributed by atoms with Crippen molar-refractivity contribution in [2.75, 3.05) is 0 Å². The van der Waals surface area contributed by atoms with Gasteiger partial charge >= 0.3 is 0 Å². The van der Waals surface area contributed by atoms with E-state index in [1.54, 1.807) is 19.1 Å². The van der Waals surface area contributed by atoms with Gasteiger partial charge in [0, 0.05) is 17.6 Å². The van der Waals surface area contributed by atoms with Crippen LogP contribution in [0.4, 0.5) is 4.39 Å². The minimum absolute atomic E-state index is 0.0925. The highest BCUT2D eigenvalue weighted by molar-refractivity contribution is 5.79. The Morgan fingerprint density at radius 3 is 2.60 bits per heavy atom. The van der Waals surface area contributed by atoms with Crippen LogP contribution in [0.5, 0.6) is 5.75 Å². The van der Waals surface area contributed by atoms with E-state index >= 15 is 0 Å². The molecule has 0 aliphatic rings. The maximum atomic E-state index is 13.9. The molecule has 0 saturated heterocycles. The second-order valence-electron chi connectivity index (χ2n) is 5.75. The standard InChI is InChI=1S/C15H23FN2O2/c1-5-12(14(17)19)20-13-10(7-6-8-11(13)16)9-18-15(2,3)4/h6-8,12,18H,5,9H2,1-4H3,(H2,17,19). The third-order valence-corrected chi connectivity index (χ3v) is 2.81. The summed E-state index contributed by atoms with van der Waals surface area (Å²) in [5.41, 5.74) is 5.80. The molecule has 1 amide bonds. The average molecular weight is 282 g/mol. The number of para-hydroxylation sites is 1. The molecule has 0 aliphatic heterocycles. The van der Waals surface area contributed by atoms with Gasteiger partial charge in [-0.15, -0.1) is 0 Å². The zero-order valence-corrected chi connectivity index (χ0v) is 12.5. The van der Waals surface area contributed by atoms with E-state index in [1.807, 2.05) is 20.8 Å². The van der Waals surface area contributed by atoms with Crippen molar-refractivity contribution >= 4 is 5.91 Å². The molecule has 1 rings (SSSR count). The molecule has 0 spiro atoms. The third kappa shape index (κ3) is 4.81. The third-order valence-electron chi connectivity index (χ3n) is 2.81. The van der Waals surface area contributed by atoms with Gasteiger partial charge in [-0.05, 0) is 33.3 Å². The van der Waals surface area contributed by atoms with Gasteiger partial charge in [0.25, 0.3) is 5.91 Å². The Bertz CT molecular complexity index is 469. The molecular formula is C15H23FN2O2. The summed E-state index contributed by atoms with van der Waals surface area (Å²) in [7, 11) is 0. The first kappa shape index (κ1) is 16.4. The molecule has 112 valence electrons. The summed E-state index contributed by atoms with van der Waals surface area (Å²) in [4.78, 5) is 11.2. The number of carbonyl (C=O) groups is 1. The molecule has 0 bridgehead atoms. The molecular weight excluding hydrogens is 259 g/mol. The number of benzene rings is 1. The summed E-state index contributed by atoms with van der Waals surface area (Å²) < 4.78 is 19.4.